The van der Waals surface area contributed by atoms with E-state index in [1.54, 1.807) is 21.1 Å². The van der Waals surface area contributed by atoms with Crippen molar-refractivity contribution in [2.75, 3.05) is 6.54 Å². The summed E-state index contributed by atoms with van der Waals surface area (Å²) in [6.07, 6.45) is 3.62. The number of rotatable bonds is 4. The molecule has 0 saturated carbocycles. The molecule has 1 aliphatic heterocycles. The van der Waals surface area contributed by atoms with Crippen molar-refractivity contribution in [1.29, 1.82) is 0 Å². The molecule has 1 aromatic rings. The summed E-state index contributed by atoms with van der Waals surface area (Å²) in [4.78, 5) is 0.296. The molecule has 1 aliphatic rings. The first-order chi connectivity index (χ1) is 9.41. The molecule has 1 N–H and O–H groups in total. The zero-order valence-corrected chi connectivity index (χ0v) is 13.2. The van der Waals surface area contributed by atoms with Crippen molar-refractivity contribution in [2.24, 2.45) is 5.92 Å². The molecule has 2 atom stereocenters. The van der Waals surface area contributed by atoms with E-state index in [2.05, 4.69) is 6.92 Å². The van der Waals surface area contributed by atoms with Gasteiger partial charge in [0.25, 0.3) is 0 Å². The van der Waals surface area contributed by atoms with Crippen LogP contribution in [0.5, 0.6) is 0 Å². The highest BCUT2D eigenvalue weighted by Crippen LogP contribution is 2.29. The van der Waals surface area contributed by atoms with Gasteiger partial charge in [0.05, 0.1) is 6.61 Å². The molecular weight excluding hydrogens is 276 g/mol. The molecule has 0 bridgehead atoms. The summed E-state index contributed by atoms with van der Waals surface area (Å²) in [7, 11) is -3.46. The van der Waals surface area contributed by atoms with Crippen molar-refractivity contribution in [1.82, 2.24) is 8.87 Å². The standard InChI is InChI=1S/C14H24N2O3S/c1-4-15-9-14(8-13(15)10-17)20(18,19)16-7-5-6-11(2)12(16)3/h8-9,11-12,17H,4-7,10H2,1-3H3. The lowest BCUT2D eigenvalue weighted by Crippen LogP contribution is -2.45. The van der Waals surface area contributed by atoms with Crippen molar-refractivity contribution in [3.8, 4) is 0 Å². The Bertz CT molecular complexity index is 543. The number of hydrogen-bond acceptors (Lipinski definition) is 3. The number of aromatic nitrogens is 1. The molecule has 0 amide bonds. The Morgan fingerprint density at radius 3 is 2.65 bits per heavy atom. The second-order valence-corrected chi connectivity index (χ2v) is 7.48. The lowest BCUT2D eigenvalue weighted by atomic mass is 9.94. The third-order valence-corrected chi connectivity index (χ3v) is 6.34. The average molecular weight is 300 g/mol. The fraction of sp³-hybridized carbons (Fsp3) is 0.714. The summed E-state index contributed by atoms with van der Waals surface area (Å²) in [5, 5.41) is 9.30. The predicted molar refractivity (Wildman–Crippen MR) is 77.8 cm³/mol. The SMILES string of the molecule is CCn1cc(S(=O)(=O)N2CCCC(C)C2C)cc1CO. The molecule has 0 aliphatic carbocycles. The van der Waals surface area contributed by atoms with Crippen LogP contribution in [-0.2, 0) is 23.2 Å². The van der Waals surface area contributed by atoms with E-state index in [1.807, 2.05) is 13.8 Å². The Morgan fingerprint density at radius 2 is 2.10 bits per heavy atom. The molecule has 6 heteroatoms. The Labute approximate surface area is 121 Å². The van der Waals surface area contributed by atoms with Crippen LogP contribution in [-0.4, -0.2) is 35.0 Å². The largest absolute Gasteiger partial charge is 0.390 e. The van der Waals surface area contributed by atoms with E-state index in [4.69, 9.17) is 0 Å². The van der Waals surface area contributed by atoms with Gasteiger partial charge in [0.15, 0.2) is 0 Å². The first-order valence-electron chi connectivity index (χ1n) is 7.23. The van der Waals surface area contributed by atoms with Crippen LogP contribution < -0.4 is 0 Å². The van der Waals surface area contributed by atoms with Crippen molar-refractivity contribution in [3.05, 3.63) is 18.0 Å². The van der Waals surface area contributed by atoms with Crippen molar-refractivity contribution >= 4 is 10.0 Å². The number of hydrogen-bond donors (Lipinski definition) is 1. The molecule has 0 aromatic carbocycles. The topological polar surface area (TPSA) is 62.5 Å². The van der Waals surface area contributed by atoms with Crippen LogP contribution in [0.2, 0.25) is 0 Å². The van der Waals surface area contributed by atoms with Gasteiger partial charge >= 0.3 is 0 Å². The molecule has 0 spiro atoms. The van der Waals surface area contributed by atoms with E-state index in [0.717, 1.165) is 12.8 Å². The van der Waals surface area contributed by atoms with E-state index in [0.29, 0.717) is 29.6 Å². The van der Waals surface area contributed by atoms with Gasteiger partial charge in [-0.05, 0) is 38.7 Å². The zero-order valence-electron chi connectivity index (χ0n) is 12.4. The number of nitrogens with zero attached hydrogens (tertiary/aromatic N) is 2. The molecule has 1 fully saturated rings. The smallest absolute Gasteiger partial charge is 0.244 e. The van der Waals surface area contributed by atoms with E-state index in [1.165, 1.54) is 0 Å². The average Bonchev–Trinajstić information content (AvgIpc) is 2.85. The summed E-state index contributed by atoms with van der Waals surface area (Å²) >= 11 is 0. The summed E-state index contributed by atoms with van der Waals surface area (Å²) in [6, 6.07) is 1.61. The fourth-order valence-electron chi connectivity index (χ4n) is 2.87. The maximum absolute atomic E-state index is 12.8. The van der Waals surface area contributed by atoms with Crippen molar-refractivity contribution in [3.63, 3.8) is 0 Å². The number of sulfonamides is 1. The summed E-state index contributed by atoms with van der Waals surface area (Å²) in [6.45, 7) is 7.10. The highest BCUT2D eigenvalue weighted by Gasteiger charge is 2.35. The minimum absolute atomic E-state index is 0.0244. The number of piperidine rings is 1. The monoisotopic (exact) mass is 300 g/mol. The molecule has 1 aromatic heterocycles. The van der Waals surface area contributed by atoms with Gasteiger partial charge in [-0.2, -0.15) is 4.31 Å². The van der Waals surface area contributed by atoms with Gasteiger partial charge in [-0.25, -0.2) is 8.42 Å². The first-order valence-corrected chi connectivity index (χ1v) is 8.67. The van der Waals surface area contributed by atoms with Gasteiger partial charge in [-0.3, -0.25) is 0 Å². The Hall–Kier alpha value is -0.850. The Kier molecular flexibility index (Phi) is 4.56. The molecule has 114 valence electrons. The molecule has 20 heavy (non-hydrogen) atoms. The summed E-state index contributed by atoms with van der Waals surface area (Å²) < 4.78 is 28.9. The van der Waals surface area contributed by atoms with Crippen LogP contribution >= 0.6 is 0 Å². The predicted octanol–water partition coefficient (Wildman–Crippen LogP) is 1.81. The van der Waals surface area contributed by atoms with Gasteiger partial charge in [-0.1, -0.05) is 6.92 Å². The second-order valence-electron chi connectivity index (χ2n) is 5.59. The third kappa shape index (κ3) is 2.64. The lowest BCUT2D eigenvalue weighted by molar-refractivity contribution is 0.202. The maximum Gasteiger partial charge on any atom is 0.244 e. The van der Waals surface area contributed by atoms with Gasteiger partial charge in [0.2, 0.25) is 10.0 Å². The van der Waals surface area contributed by atoms with E-state index in [-0.39, 0.29) is 12.6 Å². The Balaban J connectivity index is 2.37. The molecule has 0 radical (unpaired) electrons. The normalized spacial score (nSPS) is 25.0. The minimum Gasteiger partial charge on any atom is -0.390 e. The van der Waals surface area contributed by atoms with Crippen LogP contribution in [0.3, 0.4) is 0 Å². The van der Waals surface area contributed by atoms with Gasteiger partial charge in [-0.15, -0.1) is 0 Å². The summed E-state index contributed by atoms with van der Waals surface area (Å²) in [5.41, 5.74) is 0.642. The molecule has 2 heterocycles. The summed E-state index contributed by atoms with van der Waals surface area (Å²) in [5.74, 6) is 0.379. The van der Waals surface area contributed by atoms with E-state index >= 15 is 0 Å². The Morgan fingerprint density at radius 1 is 1.40 bits per heavy atom. The van der Waals surface area contributed by atoms with E-state index in [9.17, 15) is 13.5 Å². The fourth-order valence-corrected chi connectivity index (χ4v) is 4.70. The number of aliphatic hydroxyl groups excluding tert-OH is 1. The van der Waals surface area contributed by atoms with Gasteiger partial charge in [0.1, 0.15) is 4.90 Å². The van der Waals surface area contributed by atoms with Crippen LogP contribution in [0.25, 0.3) is 0 Å². The van der Waals surface area contributed by atoms with Crippen molar-refractivity contribution in [2.45, 2.75) is 57.7 Å². The molecule has 2 rings (SSSR count). The second kappa shape index (κ2) is 5.87. The zero-order chi connectivity index (χ0) is 14.9. The van der Waals surface area contributed by atoms with Gasteiger partial charge < -0.3 is 9.67 Å². The molecular formula is C14H24N2O3S. The van der Waals surface area contributed by atoms with Crippen LogP contribution in [0.15, 0.2) is 17.2 Å². The van der Waals surface area contributed by atoms with Crippen LogP contribution in [0, 0.1) is 5.92 Å². The number of aliphatic hydroxyl groups is 1. The van der Waals surface area contributed by atoms with Crippen LogP contribution in [0.1, 0.15) is 39.3 Å². The quantitative estimate of drug-likeness (QED) is 0.922. The first kappa shape index (κ1) is 15.5. The molecule has 2 unspecified atom stereocenters. The lowest BCUT2D eigenvalue weighted by Gasteiger charge is -2.36. The molecule has 5 nitrogen and oxygen atoms in total. The van der Waals surface area contributed by atoms with Gasteiger partial charge in [0, 0.05) is 31.0 Å². The number of aryl methyl sites for hydroxylation is 1. The highest BCUT2D eigenvalue weighted by molar-refractivity contribution is 7.89. The third-order valence-electron chi connectivity index (χ3n) is 4.39. The van der Waals surface area contributed by atoms with Crippen LogP contribution in [0.4, 0.5) is 0 Å². The van der Waals surface area contributed by atoms with Crippen molar-refractivity contribution < 1.29 is 13.5 Å². The molecule has 1 saturated heterocycles. The van der Waals surface area contributed by atoms with E-state index < -0.39 is 10.0 Å². The minimum atomic E-state index is -3.46. The highest BCUT2D eigenvalue weighted by atomic mass is 32.2. The maximum atomic E-state index is 12.8.